The molecule has 9 heavy (non-hydrogen) atoms. The van der Waals surface area contributed by atoms with Gasteiger partial charge in [0.2, 0.25) is 0 Å². The van der Waals surface area contributed by atoms with E-state index in [0.29, 0.717) is 10.4 Å². The molecule has 1 rings (SSSR count). The van der Waals surface area contributed by atoms with Gasteiger partial charge in [0.05, 0.1) is 0 Å². The Labute approximate surface area is 61.5 Å². The first-order valence-corrected chi connectivity index (χ1v) is 3.07. The van der Waals surface area contributed by atoms with Crippen LogP contribution in [0.4, 0.5) is 0 Å². The van der Waals surface area contributed by atoms with Gasteiger partial charge < -0.3 is 0 Å². The highest BCUT2D eigenvalue weighted by atomic mass is 79.9. The average molecular weight is 183 g/mol. The second-order valence-corrected chi connectivity index (χ2v) is 2.06. The second-order valence-electron chi connectivity index (χ2n) is 1.36. The molecule has 0 fully saturated rings. The van der Waals surface area contributed by atoms with Crippen molar-refractivity contribution < 1.29 is 0 Å². The third kappa shape index (κ3) is 1.51. The fourth-order valence-corrected chi connectivity index (χ4v) is 0.725. The van der Waals surface area contributed by atoms with Crippen LogP contribution < -0.4 is 0 Å². The Balaban J connectivity index is 3.12. The lowest BCUT2D eigenvalue weighted by atomic mass is 10.4. The van der Waals surface area contributed by atoms with E-state index in [1.165, 1.54) is 0 Å². The summed E-state index contributed by atoms with van der Waals surface area (Å²) in [5.41, 5.74) is 0.594. The van der Waals surface area contributed by atoms with E-state index in [2.05, 4.69) is 31.8 Å². The fraction of sp³-hybridized carbons (Fsp3) is 0. The van der Waals surface area contributed by atoms with E-state index in [0.717, 1.165) is 0 Å². The maximum Gasteiger partial charge on any atom is 0.197 e. The highest BCUT2D eigenvalue weighted by Crippen LogP contribution is 1.99. The van der Waals surface area contributed by atoms with Crippen molar-refractivity contribution in [1.82, 2.24) is 9.97 Å². The minimum atomic E-state index is 0.526. The zero-order valence-electron chi connectivity index (χ0n) is 4.50. The molecule has 0 N–H and O–H groups in total. The molecule has 0 bridgehead atoms. The van der Waals surface area contributed by atoms with E-state index in [9.17, 15) is 0 Å². The van der Waals surface area contributed by atoms with Crippen LogP contribution in [0.15, 0.2) is 17.0 Å². The van der Waals surface area contributed by atoms with E-state index in [1.54, 1.807) is 12.3 Å². The first-order chi connectivity index (χ1) is 4.33. The van der Waals surface area contributed by atoms with Gasteiger partial charge in [-0.3, -0.25) is 0 Å². The first-order valence-electron chi connectivity index (χ1n) is 2.28. The summed E-state index contributed by atoms with van der Waals surface area (Å²) in [6, 6.07) is 1.67. The SMILES string of the molecule is C#Cc1ccnc(Br)n1. The summed E-state index contributed by atoms with van der Waals surface area (Å²) in [5.74, 6) is 2.39. The molecule has 0 aromatic carbocycles. The lowest BCUT2D eigenvalue weighted by Gasteiger charge is -1.87. The molecular formula is C6H3BrN2. The highest BCUT2D eigenvalue weighted by molar-refractivity contribution is 9.10. The summed E-state index contributed by atoms with van der Waals surface area (Å²) in [4.78, 5) is 7.66. The summed E-state index contributed by atoms with van der Waals surface area (Å²) in [6.45, 7) is 0. The molecule has 0 saturated heterocycles. The first kappa shape index (κ1) is 6.24. The molecule has 44 valence electrons. The summed E-state index contributed by atoms with van der Waals surface area (Å²) >= 11 is 3.09. The molecule has 3 heteroatoms. The number of aromatic nitrogens is 2. The van der Waals surface area contributed by atoms with Crippen LogP contribution in [0.1, 0.15) is 5.69 Å². The van der Waals surface area contributed by atoms with E-state index < -0.39 is 0 Å². The Morgan fingerprint density at radius 2 is 2.44 bits per heavy atom. The van der Waals surface area contributed by atoms with Gasteiger partial charge in [0.25, 0.3) is 0 Å². The van der Waals surface area contributed by atoms with Gasteiger partial charge in [0.15, 0.2) is 4.73 Å². The Hall–Kier alpha value is -0.880. The van der Waals surface area contributed by atoms with Crippen molar-refractivity contribution in [2.45, 2.75) is 0 Å². The summed E-state index contributed by atoms with van der Waals surface area (Å²) < 4.78 is 0.526. The lowest BCUT2D eigenvalue weighted by Crippen LogP contribution is -1.84. The number of hydrogen-bond acceptors (Lipinski definition) is 2. The van der Waals surface area contributed by atoms with Crippen LogP contribution in [0.3, 0.4) is 0 Å². The van der Waals surface area contributed by atoms with Crippen LogP contribution >= 0.6 is 15.9 Å². The average Bonchev–Trinajstić information content (AvgIpc) is 1.88. The van der Waals surface area contributed by atoms with Crippen molar-refractivity contribution in [2.75, 3.05) is 0 Å². The quantitative estimate of drug-likeness (QED) is 0.446. The standard InChI is InChI=1S/C6H3BrN2/c1-2-5-3-4-8-6(7)9-5/h1,3-4H. The molecule has 1 aromatic rings. The molecule has 0 aliphatic heterocycles. The molecule has 0 radical (unpaired) electrons. The highest BCUT2D eigenvalue weighted by Gasteiger charge is 1.88. The number of terminal acetylenes is 1. The van der Waals surface area contributed by atoms with Crippen molar-refractivity contribution in [3.63, 3.8) is 0 Å². The largest absolute Gasteiger partial charge is 0.231 e. The van der Waals surface area contributed by atoms with E-state index in [4.69, 9.17) is 6.42 Å². The van der Waals surface area contributed by atoms with E-state index in [-0.39, 0.29) is 0 Å². The Morgan fingerprint density at radius 1 is 1.67 bits per heavy atom. The Bertz CT molecular complexity index is 251. The third-order valence-corrected chi connectivity index (χ3v) is 1.16. The smallest absolute Gasteiger partial charge is 0.197 e. The van der Waals surface area contributed by atoms with Gasteiger partial charge in [0.1, 0.15) is 5.69 Å². The fourth-order valence-electron chi connectivity index (χ4n) is 0.415. The van der Waals surface area contributed by atoms with E-state index >= 15 is 0 Å². The summed E-state index contributed by atoms with van der Waals surface area (Å²) in [7, 11) is 0. The molecular weight excluding hydrogens is 180 g/mol. The lowest BCUT2D eigenvalue weighted by molar-refractivity contribution is 1.09. The molecule has 0 aliphatic carbocycles. The number of nitrogens with zero attached hydrogens (tertiary/aromatic N) is 2. The minimum absolute atomic E-state index is 0.526. The maximum absolute atomic E-state index is 5.06. The van der Waals surface area contributed by atoms with Gasteiger partial charge in [0, 0.05) is 6.20 Å². The molecule has 1 aromatic heterocycles. The zero-order valence-corrected chi connectivity index (χ0v) is 6.09. The second kappa shape index (κ2) is 2.60. The topological polar surface area (TPSA) is 25.8 Å². The van der Waals surface area contributed by atoms with Crippen molar-refractivity contribution in [2.24, 2.45) is 0 Å². The molecule has 0 spiro atoms. The molecule has 0 atom stereocenters. The Morgan fingerprint density at radius 3 is 2.89 bits per heavy atom. The van der Waals surface area contributed by atoms with Crippen molar-refractivity contribution in [3.8, 4) is 12.3 Å². The van der Waals surface area contributed by atoms with Crippen LogP contribution in [-0.2, 0) is 0 Å². The van der Waals surface area contributed by atoms with Crippen LogP contribution in [-0.4, -0.2) is 9.97 Å². The maximum atomic E-state index is 5.06. The van der Waals surface area contributed by atoms with Crippen molar-refractivity contribution in [1.29, 1.82) is 0 Å². The van der Waals surface area contributed by atoms with Gasteiger partial charge in [-0.25, -0.2) is 9.97 Å². The number of halogens is 1. The molecule has 2 nitrogen and oxygen atoms in total. The van der Waals surface area contributed by atoms with Crippen LogP contribution in [0.25, 0.3) is 0 Å². The predicted octanol–water partition coefficient (Wildman–Crippen LogP) is 1.22. The van der Waals surface area contributed by atoms with Gasteiger partial charge in [-0.1, -0.05) is 5.92 Å². The van der Waals surface area contributed by atoms with E-state index in [1.807, 2.05) is 0 Å². The molecule has 1 heterocycles. The van der Waals surface area contributed by atoms with Crippen molar-refractivity contribution in [3.05, 3.63) is 22.7 Å². The number of rotatable bonds is 0. The monoisotopic (exact) mass is 182 g/mol. The van der Waals surface area contributed by atoms with Crippen LogP contribution in [0, 0.1) is 12.3 Å². The van der Waals surface area contributed by atoms with Gasteiger partial charge in [-0.05, 0) is 22.0 Å². The Kier molecular flexibility index (Phi) is 1.81. The zero-order chi connectivity index (χ0) is 6.69. The van der Waals surface area contributed by atoms with Gasteiger partial charge >= 0.3 is 0 Å². The normalized spacial score (nSPS) is 8.44. The van der Waals surface area contributed by atoms with Crippen LogP contribution in [0.5, 0.6) is 0 Å². The van der Waals surface area contributed by atoms with Gasteiger partial charge in [-0.2, -0.15) is 0 Å². The molecule has 0 unspecified atom stereocenters. The minimum Gasteiger partial charge on any atom is -0.231 e. The molecule has 0 amide bonds. The summed E-state index contributed by atoms with van der Waals surface area (Å²) in [5, 5.41) is 0. The van der Waals surface area contributed by atoms with Crippen molar-refractivity contribution >= 4 is 15.9 Å². The molecule has 0 saturated carbocycles. The summed E-state index contributed by atoms with van der Waals surface area (Å²) in [6.07, 6.45) is 6.66. The molecule has 0 aliphatic rings. The van der Waals surface area contributed by atoms with Gasteiger partial charge in [-0.15, -0.1) is 6.42 Å². The predicted molar refractivity (Wildman–Crippen MR) is 37.7 cm³/mol. The number of hydrogen-bond donors (Lipinski definition) is 0. The third-order valence-electron chi connectivity index (χ3n) is 0.774. The van der Waals surface area contributed by atoms with Crippen LogP contribution in [0.2, 0.25) is 0 Å².